The van der Waals surface area contributed by atoms with Gasteiger partial charge in [0.2, 0.25) is 29.5 Å². The maximum absolute atomic E-state index is 13.8. The fraction of sp³-hybridized carbons (Fsp3) is 0.440. The Balaban J connectivity index is 1.83. The van der Waals surface area contributed by atoms with Crippen molar-refractivity contribution in [3.8, 4) is 0 Å². The molecule has 1 aliphatic rings. The first kappa shape index (κ1) is 29.1. The molecule has 14 heteroatoms. The van der Waals surface area contributed by atoms with Gasteiger partial charge >= 0.3 is 5.97 Å². The summed E-state index contributed by atoms with van der Waals surface area (Å²) in [5.74, 6) is -4.93. The second-order valence-electron chi connectivity index (χ2n) is 9.50. The summed E-state index contributed by atoms with van der Waals surface area (Å²) in [6.07, 6.45) is 1.78. The number of aromatic amines is 1. The number of likely N-dealkylation sites (tertiary alicyclic amines) is 1. The number of para-hydroxylation sites is 1. The number of primary amides is 2. The molecule has 10 N–H and O–H groups in total. The Morgan fingerprint density at radius 1 is 1.05 bits per heavy atom. The Labute approximate surface area is 223 Å². The Morgan fingerprint density at radius 3 is 2.44 bits per heavy atom. The van der Waals surface area contributed by atoms with Crippen molar-refractivity contribution in [2.24, 2.45) is 17.2 Å². The number of carbonyl (C=O) groups excluding carboxylic acids is 5. The highest BCUT2D eigenvalue weighted by atomic mass is 16.4. The molecule has 1 aliphatic heterocycles. The van der Waals surface area contributed by atoms with Crippen LogP contribution in [0.1, 0.15) is 37.7 Å². The van der Waals surface area contributed by atoms with E-state index in [2.05, 4.69) is 15.6 Å². The van der Waals surface area contributed by atoms with Gasteiger partial charge < -0.3 is 42.8 Å². The highest BCUT2D eigenvalue weighted by Crippen LogP contribution is 2.23. The van der Waals surface area contributed by atoms with Crippen molar-refractivity contribution in [1.82, 2.24) is 20.5 Å². The fourth-order valence-corrected chi connectivity index (χ4v) is 4.60. The van der Waals surface area contributed by atoms with Crippen LogP contribution in [-0.4, -0.2) is 81.2 Å². The van der Waals surface area contributed by atoms with Crippen molar-refractivity contribution in [1.29, 1.82) is 0 Å². The zero-order chi connectivity index (χ0) is 28.7. The third-order valence-corrected chi connectivity index (χ3v) is 6.61. The molecule has 3 rings (SSSR count). The first-order valence-corrected chi connectivity index (χ1v) is 12.5. The first-order chi connectivity index (χ1) is 18.5. The summed E-state index contributed by atoms with van der Waals surface area (Å²) in [7, 11) is 0. The molecule has 1 aromatic carbocycles. The lowest BCUT2D eigenvalue weighted by Gasteiger charge is -2.30. The second kappa shape index (κ2) is 12.9. The van der Waals surface area contributed by atoms with Gasteiger partial charge in [0.1, 0.15) is 18.1 Å². The molecule has 5 amide bonds. The number of amides is 5. The van der Waals surface area contributed by atoms with E-state index in [9.17, 15) is 33.9 Å². The van der Waals surface area contributed by atoms with Crippen molar-refractivity contribution >= 4 is 46.4 Å². The molecule has 4 unspecified atom stereocenters. The van der Waals surface area contributed by atoms with E-state index in [-0.39, 0.29) is 32.2 Å². The van der Waals surface area contributed by atoms with Gasteiger partial charge in [0, 0.05) is 36.5 Å². The van der Waals surface area contributed by atoms with Crippen LogP contribution in [-0.2, 0) is 35.2 Å². The third kappa shape index (κ3) is 7.54. The van der Waals surface area contributed by atoms with Crippen molar-refractivity contribution in [3.63, 3.8) is 0 Å². The summed E-state index contributed by atoms with van der Waals surface area (Å²) in [6, 6.07) is 2.63. The number of carboxylic acids is 1. The summed E-state index contributed by atoms with van der Waals surface area (Å²) in [5, 5.41) is 15.1. The van der Waals surface area contributed by atoms with E-state index in [4.69, 9.17) is 17.2 Å². The van der Waals surface area contributed by atoms with Gasteiger partial charge in [-0.2, -0.15) is 0 Å². The van der Waals surface area contributed by atoms with Gasteiger partial charge in [0.05, 0.1) is 12.5 Å². The average molecular weight is 544 g/mol. The SMILES string of the molecule is NC(=O)CCC(N)C(=O)NC(Cc1c[nH]c2ccccc12)C(=O)N1CCCC1C(=O)NC(CC(N)=O)C(=O)O. The van der Waals surface area contributed by atoms with E-state index >= 15 is 0 Å². The van der Waals surface area contributed by atoms with Crippen LogP contribution in [0, 0.1) is 0 Å². The fourth-order valence-electron chi connectivity index (χ4n) is 4.60. The summed E-state index contributed by atoms with van der Waals surface area (Å²) in [6.45, 7) is 0.193. The minimum atomic E-state index is -1.54. The molecule has 4 atom stereocenters. The molecule has 0 saturated carbocycles. The number of nitrogens with zero attached hydrogens (tertiary/aromatic N) is 1. The van der Waals surface area contributed by atoms with Crippen molar-refractivity contribution in [2.45, 2.75) is 62.7 Å². The molecule has 0 spiro atoms. The van der Waals surface area contributed by atoms with Gasteiger partial charge in [-0.15, -0.1) is 0 Å². The molecule has 1 fully saturated rings. The zero-order valence-electron chi connectivity index (χ0n) is 21.2. The van der Waals surface area contributed by atoms with Crippen molar-refractivity contribution in [2.75, 3.05) is 6.54 Å². The predicted octanol–water partition coefficient (Wildman–Crippen LogP) is -1.78. The van der Waals surface area contributed by atoms with Gasteiger partial charge in [-0.25, -0.2) is 4.79 Å². The van der Waals surface area contributed by atoms with Crippen molar-refractivity contribution < 1.29 is 33.9 Å². The van der Waals surface area contributed by atoms with Crippen LogP contribution >= 0.6 is 0 Å². The number of aromatic nitrogens is 1. The smallest absolute Gasteiger partial charge is 0.326 e. The van der Waals surface area contributed by atoms with Crippen LogP contribution in [0.5, 0.6) is 0 Å². The minimum absolute atomic E-state index is 0.0135. The number of nitrogens with one attached hydrogen (secondary N) is 3. The topological polar surface area (TPSA) is 244 Å². The van der Waals surface area contributed by atoms with Gasteiger partial charge in [-0.1, -0.05) is 18.2 Å². The Hall–Kier alpha value is -4.46. The van der Waals surface area contributed by atoms with Crippen LogP contribution in [0.4, 0.5) is 0 Å². The lowest BCUT2D eigenvalue weighted by Crippen LogP contribution is -2.57. The molecule has 0 aliphatic carbocycles. The molecule has 2 aromatic rings. The predicted molar refractivity (Wildman–Crippen MR) is 138 cm³/mol. The standard InChI is InChI=1S/C25H33N7O7/c26-15(7-8-20(27)33)22(35)30-17(10-13-12-29-16-5-2-1-4-14(13)16)24(37)32-9-3-6-19(32)23(36)31-18(25(38)39)11-21(28)34/h1-2,4-5,12,15,17-19,29H,3,6-11,26H2,(H2,27,33)(H2,28,34)(H,30,35)(H,31,36)(H,38,39). The molecular weight excluding hydrogens is 510 g/mol. The number of fused-ring (bicyclic) bond motifs is 1. The van der Waals surface area contributed by atoms with Gasteiger partial charge in [0.25, 0.3) is 0 Å². The van der Waals surface area contributed by atoms with Crippen LogP contribution in [0.3, 0.4) is 0 Å². The lowest BCUT2D eigenvalue weighted by atomic mass is 10.0. The molecule has 0 radical (unpaired) electrons. The Morgan fingerprint density at radius 2 is 1.77 bits per heavy atom. The van der Waals surface area contributed by atoms with E-state index in [1.54, 1.807) is 6.20 Å². The van der Waals surface area contributed by atoms with E-state index in [1.807, 2.05) is 24.3 Å². The molecule has 1 saturated heterocycles. The molecular formula is C25H33N7O7. The normalized spacial score (nSPS) is 17.3. The summed E-state index contributed by atoms with van der Waals surface area (Å²) in [5.41, 5.74) is 17.7. The first-order valence-electron chi connectivity index (χ1n) is 12.5. The number of carboxylic acid groups (broad SMARTS) is 1. The van der Waals surface area contributed by atoms with Gasteiger partial charge in [0.15, 0.2) is 0 Å². The molecule has 14 nitrogen and oxygen atoms in total. The van der Waals surface area contributed by atoms with E-state index < -0.39 is 66.1 Å². The second-order valence-corrected chi connectivity index (χ2v) is 9.50. The number of carbonyl (C=O) groups is 6. The van der Waals surface area contributed by atoms with Crippen LogP contribution in [0.25, 0.3) is 10.9 Å². The highest BCUT2D eigenvalue weighted by Gasteiger charge is 2.39. The Kier molecular flexibility index (Phi) is 9.60. The highest BCUT2D eigenvalue weighted by molar-refractivity contribution is 5.96. The summed E-state index contributed by atoms with van der Waals surface area (Å²) in [4.78, 5) is 77.8. The van der Waals surface area contributed by atoms with Crippen LogP contribution in [0.2, 0.25) is 0 Å². The largest absolute Gasteiger partial charge is 0.480 e. The number of benzene rings is 1. The van der Waals surface area contributed by atoms with E-state index in [1.165, 1.54) is 4.90 Å². The van der Waals surface area contributed by atoms with Crippen LogP contribution < -0.4 is 27.8 Å². The molecule has 1 aromatic heterocycles. The van der Waals surface area contributed by atoms with E-state index in [0.29, 0.717) is 6.42 Å². The van der Waals surface area contributed by atoms with Gasteiger partial charge in [-0.05, 0) is 30.9 Å². The zero-order valence-corrected chi connectivity index (χ0v) is 21.2. The summed E-state index contributed by atoms with van der Waals surface area (Å²) < 4.78 is 0. The number of aliphatic carboxylic acids is 1. The quantitative estimate of drug-likeness (QED) is 0.152. The monoisotopic (exact) mass is 543 g/mol. The molecule has 210 valence electrons. The van der Waals surface area contributed by atoms with E-state index in [0.717, 1.165) is 16.5 Å². The average Bonchev–Trinajstić information content (AvgIpc) is 3.53. The third-order valence-electron chi connectivity index (χ3n) is 6.61. The summed E-state index contributed by atoms with van der Waals surface area (Å²) >= 11 is 0. The number of rotatable bonds is 13. The maximum atomic E-state index is 13.8. The lowest BCUT2D eigenvalue weighted by molar-refractivity contribution is -0.145. The molecule has 39 heavy (non-hydrogen) atoms. The minimum Gasteiger partial charge on any atom is -0.480 e. The van der Waals surface area contributed by atoms with Crippen LogP contribution in [0.15, 0.2) is 30.5 Å². The number of hydrogen-bond acceptors (Lipinski definition) is 7. The molecule has 2 heterocycles. The number of H-pyrrole nitrogens is 1. The molecule has 0 bridgehead atoms. The van der Waals surface area contributed by atoms with Crippen molar-refractivity contribution in [3.05, 3.63) is 36.0 Å². The van der Waals surface area contributed by atoms with Gasteiger partial charge in [-0.3, -0.25) is 24.0 Å². The number of nitrogens with two attached hydrogens (primary N) is 3. The maximum Gasteiger partial charge on any atom is 0.326 e. The number of hydrogen-bond donors (Lipinski definition) is 7. The Bertz CT molecular complexity index is 1260.